The van der Waals surface area contributed by atoms with Crippen molar-refractivity contribution in [1.82, 2.24) is 19.3 Å². The molecule has 132 valence electrons. The van der Waals surface area contributed by atoms with E-state index >= 15 is 0 Å². The van der Waals surface area contributed by atoms with Gasteiger partial charge in [0, 0.05) is 17.3 Å². The lowest BCUT2D eigenvalue weighted by Crippen LogP contribution is -2.36. The van der Waals surface area contributed by atoms with E-state index in [1.807, 2.05) is 31.2 Å². The number of thiazole rings is 1. The van der Waals surface area contributed by atoms with Gasteiger partial charge in [-0.1, -0.05) is 12.1 Å². The van der Waals surface area contributed by atoms with Gasteiger partial charge in [0.2, 0.25) is 5.91 Å². The van der Waals surface area contributed by atoms with Crippen molar-refractivity contribution in [3.05, 3.63) is 57.7 Å². The van der Waals surface area contributed by atoms with E-state index in [1.165, 1.54) is 16.2 Å². The zero-order valence-corrected chi connectivity index (χ0v) is 14.6. The van der Waals surface area contributed by atoms with Crippen LogP contribution in [0, 0.1) is 6.92 Å². The minimum absolute atomic E-state index is 0.179. The summed E-state index contributed by atoms with van der Waals surface area (Å²) in [6.45, 7) is 1.79. The van der Waals surface area contributed by atoms with E-state index in [4.69, 9.17) is 0 Å². The third-order valence-corrected chi connectivity index (χ3v) is 4.62. The van der Waals surface area contributed by atoms with Gasteiger partial charge >= 0.3 is 11.7 Å². The third kappa shape index (κ3) is 2.80. The largest absolute Gasteiger partial charge is 0.365 e. The Kier molecular flexibility index (Phi) is 3.88. The molecule has 2 amide bonds. The number of carbonyl (C=O) groups excluding carboxylic acids is 2. The molecule has 0 fully saturated rings. The fraction of sp³-hybridized carbons (Fsp3) is 0.188. The number of nitrogens with zero attached hydrogens (tertiary/aromatic N) is 5. The number of aromatic nitrogens is 4. The molecule has 0 bridgehead atoms. The lowest BCUT2D eigenvalue weighted by atomic mass is 10.2. The predicted octanol–water partition coefficient (Wildman–Crippen LogP) is 1.44. The number of carbonyl (C=O) groups is 2. The van der Waals surface area contributed by atoms with Crippen molar-refractivity contribution in [2.45, 2.75) is 20.0 Å². The van der Waals surface area contributed by atoms with Crippen LogP contribution in [0.4, 0.5) is 15.6 Å². The third-order valence-electron chi connectivity index (χ3n) is 3.93. The Morgan fingerprint density at radius 2 is 2.19 bits per heavy atom. The van der Waals surface area contributed by atoms with Crippen LogP contribution < -0.4 is 15.9 Å². The van der Waals surface area contributed by atoms with Crippen molar-refractivity contribution in [1.29, 1.82) is 0 Å². The highest BCUT2D eigenvalue weighted by Crippen LogP contribution is 2.23. The Balaban J connectivity index is 1.60. The Morgan fingerprint density at radius 1 is 1.35 bits per heavy atom. The summed E-state index contributed by atoms with van der Waals surface area (Å²) in [5, 5.41) is 4.74. The van der Waals surface area contributed by atoms with E-state index < -0.39 is 17.6 Å². The molecule has 0 saturated carbocycles. The van der Waals surface area contributed by atoms with Gasteiger partial charge in [0.1, 0.15) is 6.54 Å². The first-order valence-electron chi connectivity index (χ1n) is 7.79. The highest BCUT2D eigenvalue weighted by atomic mass is 32.1. The van der Waals surface area contributed by atoms with Gasteiger partial charge in [-0.2, -0.15) is 9.67 Å². The number of aryl methyl sites for hydroxylation is 1. The van der Waals surface area contributed by atoms with E-state index in [0.29, 0.717) is 16.6 Å². The van der Waals surface area contributed by atoms with Crippen LogP contribution in [0.1, 0.15) is 11.4 Å². The van der Waals surface area contributed by atoms with Gasteiger partial charge in [-0.3, -0.25) is 9.69 Å². The molecule has 3 heterocycles. The first-order chi connectivity index (χ1) is 12.5. The molecule has 2 aromatic heterocycles. The topological polar surface area (TPSA) is 102 Å². The zero-order valence-electron chi connectivity index (χ0n) is 13.7. The summed E-state index contributed by atoms with van der Waals surface area (Å²) in [5.41, 5.74) is 1.10. The number of amides is 2. The first kappa shape index (κ1) is 16.2. The number of hydrogen-bond acceptors (Lipinski definition) is 6. The zero-order chi connectivity index (χ0) is 18.3. The van der Waals surface area contributed by atoms with Crippen LogP contribution in [0.3, 0.4) is 0 Å². The SMILES string of the molecule is Cc1cccc(N2Cc3nc(=O)n(CC(=O)Nc4nccs4)n3C2=O)c1. The Morgan fingerprint density at radius 3 is 2.92 bits per heavy atom. The van der Waals surface area contributed by atoms with Gasteiger partial charge in [0.05, 0.1) is 6.54 Å². The molecule has 1 aromatic carbocycles. The van der Waals surface area contributed by atoms with Gasteiger partial charge < -0.3 is 5.32 Å². The standard InChI is InChI=1S/C16H14N6O3S/c1-10-3-2-4-11(7-10)20-8-12-18-15(24)21(22(12)16(20)25)9-13(23)19-14-17-5-6-26-14/h2-7H,8-9H2,1H3,(H,17,19,23). The van der Waals surface area contributed by atoms with Gasteiger partial charge in [-0.05, 0) is 24.6 Å². The van der Waals surface area contributed by atoms with E-state index in [9.17, 15) is 14.4 Å². The number of nitrogens with one attached hydrogen (secondary N) is 1. The monoisotopic (exact) mass is 370 g/mol. The molecule has 0 saturated heterocycles. The van der Waals surface area contributed by atoms with Crippen molar-refractivity contribution < 1.29 is 9.59 Å². The number of benzene rings is 1. The van der Waals surface area contributed by atoms with Crippen LogP contribution in [-0.4, -0.2) is 31.3 Å². The fourth-order valence-electron chi connectivity index (χ4n) is 2.80. The number of rotatable bonds is 4. The predicted molar refractivity (Wildman–Crippen MR) is 95.4 cm³/mol. The quantitative estimate of drug-likeness (QED) is 0.749. The smallest absolute Gasteiger partial charge is 0.300 e. The summed E-state index contributed by atoms with van der Waals surface area (Å²) in [4.78, 5) is 46.4. The summed E-state index contributed by atoms with van der Waals surface area (Å²) < 4.78 is 2.20. The van der Waals surface area contributed by atoms with Gasteiger partial charge in [0.15, 0.2) is 11.0 Å². The molecule has 0 atom stereocenters. The van der Waals surface area contributed by atoms with E-state index in [1.54, 1.807) is 11.6 Å². The Labute approximate surface area is 151 Å². The second-order valence-electron chi connectivity index (χ2n) is 5.77. The molecule has 10 heteroatoms. The van der Waals surface area contributed by atoms with E-state index in [2.05, 4.69) is 15.3 Å². The van der Waals surface area contributed by atoms with Crippen LogP contribution in [0.15, 0.2) is 40.6 Å². The average molecular weight is 370 g/mol. The molecule has 0 radical (unpaired) electrons. The molecule has 3 aromatic rings. The Bertz CT molecular complexity index is 1050. The maximum Gasteiger partial charge on any atom is 0.365 e. The van der Waals surface area contributed by atoms with Gasteiger partial charge in [-0.25, -0.2) is 19.3 Å². The molecule has 1 aliphatic rings. The van der Waals surface area contributed by atoms with Crippen molar-refractivity contribution >= 4 is 34.1 Å². The Hall–Kier alpha value is -3.27. The number of hydrogen-bond donors (Lipinski definition) is 1. The van der Waals surface area contributed by atoms with Crippen molar-refractivity contribution in [3.63, 3.8) is 0 Å². The molecule has 0 aliphatic carbocycles. The summed E-state index contributed by atoms with van der Waals surface area (Å²) in [6.07, 6.45) is 1.56. The maximum atomic E-state index is 12.8. The van der Waals surface area contributed by atoms with Gasteiger partial charge in [-0.15, -0.1) is 11.3 Å². The molecule has 0 spiro atoms. The molecule has 9 nitrogen and oxygen atoms in total. The first-order valence-corrected chi connectivity index (χ1v) is 8.67. The summed E-state index contributed by atoms with van der Waals surface area (Å²) in [7, 11) is 0. The van der Waals surface area contributed by atoms with E-state index in [0.717, 1.165) is 14.9 Å². The molecular formula is C16H14N6O3S. The molecule has 0 unspecified atom stereocenters. The molecule has 1 aliphatic heterocycles. The average Bonchev–Trinajstić information content (AvgIpc) is 3.28. The van der Waals surface area contributed by atoms with Crippen LogP contribution in [0.2, 0.25) is 0 Å². The minimum Gasteiger partial charge on any atom is -0.300 e. The molecule has 4 rings (SSSR count). The van der Waals surface area contributed by atoms with Crippen molar-refractivity contribution in [2.24, 2.45) is 0 Å². The van der Waals surface area contributed by atoms with Crippen LogP contribution in [0.5, 0.6) is 0 Å². The number of anilines is 2. The fourth-order valence-corrected chi connectivity index (χ4v) is 3.34. The normalized spacial score (nSPS) is 13.1. The van der Waals surface area contributed by atoms with Crippen LogP contribution >= 0.6 is 11.3 Å². The van der Waals surface area contributed by atoms with Gasteiger partial charge in [0.25, 0.3) is 0 Å². The molecule has 26 heavy (non-hydrogen) atoms. The summed E-state index contributed by atoms with van der Waals surface area (Å²) in [5.74, 6) is -0.143. The highest BCUT2D eigenvalue weighted by Gasteiger charge is 2.33. The van der Waals surface area contributed by atoms with Crippen molar-refractivity contribution in [3.8, 4) is 0 Å². The second-order valence-corrected chi connectivity index (χ2v) is 6.67. The van der Waals surface area contributed by atoms with Crippen molar-refractivity contribution in [2.75, 3.05) is 10.2 Å². The minimum atomic E-state index is -0.633. The van der Waals surface area contributed by atoms with E-state index in [-0.39, 0.29) is 13.1 Å². The molecular weight excluding hydrogens is 356 g/mol. The summed E-state index contributed by atoms with van der Waals surface area (Å²) >= 11 is 1.27. The molecule has 1 N–H and O–H groups in total. The summed E-state index contributed by atoms with van der Waals surface area (Å²) in [6, 6.07) is 7.06. The number of fused-ring (bicyclic) bond motifs is 1. The lowest BCUT2D eigenvalue weighted by molar-refractivity contribution is -0.117. The maximum absolute atomic E-state index is 12.8. The highest BCUT2D eigenvalue weighted by molar-refractivity contribution is 7.13. The second kappa shape index (κ2) is 6.23. The van der Waals surface area contributed by atoms with Crippen LogP contribution in [-0.2, 0) is 17.9 Å². The van der Waals surface area contributed by atoms with Crippen LogP contribution in [0.25, 0.3) is 0 Å². The lowest BCUT2D eigenvalue weighted by Gasteiger charge is -2.16.